The van der Waals surface area contributed by atoms with Crippen LogP contribution in [-0.4, -0.2) is 28.3 Å². The van der Waals surface area contributed by atoms with Gasteiger partial charge in [-0.3, -0.25) is 4.79 Å². The van der Waals surface area contributed by atoms with Gasteiger partial charge in [-0.1, -0.05) is 29.8 Å². The molecule has 29 heavy (non-hydrogen) atoms. The molecule has 0 aliphatic carbocycles. The second kappa shape index (κ2) is 9.21. The summed E-state index contributed by atoms with van der Waals surface area (Å²) < 4.78 is 6.51. The van der Waals surface area contributed by atoms with Crippen molar-refractivity contribution in [1.82, 2.24) is 9.78 Å². The SMILES string of the molecule is CCOC(=O)/C=C/c1ccc(NC(=O)c2cnn(-c3cccc(Cl)c3)c2C)cc1. The largest absolute Gasteiger partial charge is 0.463 e. The van der Waals surface area contributed by atoms with Gasteiger partial charge in [0.05, 0.1) is 29.7 Å². The van der Waals surface area contributed by atoms with Gasteiger partial charge in [-0.25, -0.2) is 9.48 Å². The van der Waals surface area contributed by atoms with Crippen molar-refractivity contribution in [3.63, 3.8) is 0 Å². The van der Waals surface area contributed by atoms with Gasteiger partial charge in [0.15, 0.2) is 0 Å². The predicted octanol–water partition coefficient (Wildman–Crippen LogP) is 4.66. The van der Waals surface area contributed by atoms with Crippen molar-refractivity contribution in [3.8, 4) is 5.69 Å². The normalized spacial score (nSPS) is 10.9. The Hall–Kier alpha value is -3.38. The van der Waals surface area contributed by atoms with E-state index in [1.165, 1.54) is 12.3 Å². The highest BCUT2D eigenvalue weighted by atomic mass is 35.5. The van der Waals surface area contributed by atoms with Crippen LogP contribution in [0.15, 0.2) is 60.8 Å². The summed E-state index contributed by atoms with van der Waals surface area (Å²) in [5.74, 6) is -0.650. The van der Waals surface area contributed by atoms with Gasteiger partial charge in [-0.2, -0.15) is 5.10 Å². The number of aromatic nitrogens is 2. The van der Waals surface area contributed by atoms with Gasteiger partial charge in [-0.05, 0) is 55.8 Å². The van der Waals surface area contributed by atoms with E-state index in [0.717, 1.165) is 11.3 Å². The number of hydrogen-bond donors (Lipinski definition) is 1. The molecule has 0 fully saturated rings. The molecule has 0 atom stereocenters. The lowest BCUT2D eigenvalue weighted by atomic mass is 10.2. The lowest BCUT2D eigenvalue weighted by Crippen LogP contribution is -2.13. The maximum Gasteiger partial charge on any atom is 0.330 e. The van der Waals surface area contributed by atoms with E-state index < -0.39 is 5.97 Å². The maximum absolute atomic E-state index is 12.7. The molecule has 1 N–H and O–H groups in total. The molecule has 0 radical (unpaired) electrons. The van der Waals surface area contributed by atoms with Crippen molar-refractivity contribution in [2.24, 2.45) is 0 Å². The Bertz CT molecular complexity index is 1060. The van der Waals surface area contributed by atoms with Crippen molar-refractivity contribution >= 4 is 35.2 Å². The number of anilines is 1. The van der Waals surface area contributed by atoms with E-state index in [1.54, 1.807) is 54.1 Å². The van der Waals surface area contributed by atoms with Gasteiger partial charge < -0.3 is 10.1 Å². The number of hydrogen-bond acceptors (Lipinski definition) is 4. The standard InChI is InChI=1S/C22H20ClN3O3/c1-3-29-21(27)12-9-16-7-10-18(11-8-16)25-22(28)20-14-24-26(15(20)2)19-6-4-5-17(23)13-19/h4-14H,3H2,1-2H3,(H,25,28)/b12-9+. The molecule has 148 valence electrons. The van der Waals surface area contributed by atoms with Gasteiger partial charge in [0.2, 0.25) is 0 Å². The third kappa shape index (κ3) is 5.12. The summed E-state index contributed by atoms with van der Waals surface area (Å²) >= 11 is 6.04. The van der Waals surface area contributed by atoms with Crippen molar-refractivity contribution in [3.05, 3.63) is 82.6 Å². The molecular formula is C22H20ClN3O3. The van der Waals surface area contributed by atoms with Gasteiger partial charge in [-0.15, -0.1) is 0 Å². The number of rotatable bonds is 6. The number of halogens is 1. The molecule has 0 aliphatic heterocycles. The first-order valence-electron chi connectivity index (χ1n) is 9.04. The van der Waals surface area contributed by atoms with E-state index in [1.807, 2.05) is 19.1 Å². The van der Waals surface area contributed by atoms with Gasteiger partial charge in [0.1, 0.15) is 0 Å². The highest BCUT2D eigenvalue weighted by molar-refractivity contribution is 6.30. The quantitative estimate of drug-likeness (QED) is 0.474. The zero-order chi connectivity index (χ0) is 20.8. The zero-order valence-electron chi connectivity index (χ0n) is 16.1. The van der Waals surface area contributed by atoms with Crippen molar-refractivity contribution in [2.45, 2.75) is 13.8 Å². The van der Waals surface area contributed by atoms with Crippen molar-refractivity contribution in [1.29, 1.82) is 0 Å². The summed E-state index contributed by atoms with van der Waals surface area (Å²) in [6.07, 6.45) is 4.55. The zero-order valence-corrected chi connectivity index (χ0v) is 16.8. The molecule has 6 nitrogen and oxygen atoms in total. The lowest BCUT2D eigenvalue weighted by molar-refractivity contribution is -0.137. The molecule has 3 aromatic rings. The van der Waals surface area contributed by atoms with Crippen LogP contribution in [0.4, 0.5) is 5.69 Å². The fraction of sp³-hybridized carbons (Fsp3) is 0.136. The van der Waals surface area contributed by atoms with E-state index in [-0.39, 0.29) is 5.91 Å². The van der Waals surface area contributed by atoms with Crippen LogP contribution < -0.4 is 5.32 Å². The minimum Gasteiger partial charge on any atom is -0.463 e. The predicted molar refractivity (Wildman–Crippen MR) is 113 cm³/mol. The number of carbonyl (C=O) groups is 2. The molecule has 0 saturated carbocycles. The number of nitrogens with zero attached hydrogens (tertiary/aromatic N) is 2. The van der Waals surface area contributed by atoms with E-state index in [0.29, 0.717) is 28.6 Å². The monoisotopic (exact) mass is 409 g/mol. The Morgan fingerprint density at radius 1 is 1.21 bits per heavy atom. The van der Waals surface area contributed by atoms with Crippen LogP contribution in [0.2, 0.25) is 5.02 Å². The van der Waals surface area contributed by atoms with Crippen LogP contribution in [0.25, 0.3) is 11.8 Å². The molecule has 1 heterocycles. The Morgan fingerprint density at radius 2 is 1.97 bits per heavy atom. The van der Waals surface area contributed by atoms with E-state index in [9.17, 15) is 9.59 Å². The third-order valence-corrected chi connectivity index (χ3v) is 4.41. The van der Waals surface area contributed by atoms with Gasteiger partial charge in [0.25, 0.3) is 5.91 Å². The van der Waals surface area contributed by atoms with Crippen LogP contribution >= 0.6 is 11.6 Å². The first kappa shape index (κ1) is 20.4. The molecular weight excluding hydrogens is 390 g/mol. The molecule has 1 amide bonds. The summed E-state index contributed by atoms with van der Waals surface area (Å²) in [7, 11) is 0. The fourth-order valence-corrected chi connectivity index (χ4v) is 2.92. The van der Waals surface area contributed by atoms with E-state index >= 15 is 0 Å². The third-order valence-electron chi connectivity index (χ3n) is 4.17. The molecule has 3 rings (SSSR count). The average Bonchev–Trinajstić information content (AvgIpc) is 3.09. The second-order valence-corrected chi connectivity index (χ2v) is 6.63. The van der Waals surface area contributed by atoms with Crippen molar-refractivity contribution in [2.75, 3.05) is 11.9 Å². The summed E-state index contributed by atoms with van der Waals surface area (Å²) in [4.78, 5) is 24.0. The van der Waals surface area contributed by atoms with Crippen LogP contribution in [0.5, 0.6) is 0 Å². The summed E-state index contributed by atoms with van der Waals surface area (Å²) in [5.41, 5.74) is 3.42. The van der Waals surface area contributed by atoms with Crippen LogP contribution in [0, 0.1) is 6.92 Å². The van der Waals surface area contributed by atoms with Crippen molar-refractivity contribution < 1.29 is 14.3 Å². The molecule has 0 spiro atoms. The summed E-state index contributed by atoms with van der Waals surface area (Å²) in [6.45, 7) is 3.91. The Morgan fingerprint density at radius 3 is 2.66 bits per heavy atom. The number of esters is 1. The van der Waals surface area contributed by atoms with E-state index in [4.69, 9.17) is 16.3 Å². The highest BCUT2D eigenvalue weighted by Crippen LogP contribution is 2.19. The van der Waals surface area contributed by atoms with Gasteiger partial charge in [0, 0.05) is 16.8 Å². The first-order chi connectivity index (χ1) is 14.0. The number of carbonyl (C=O) groups excluding carboxylic acids is 2. The lowest BCUT2D eigenvalue weighted by Gasteiger charge is -2.07. The Labute approximate surface area is 173 Å². The fourth-order valence-electron chi connectivity index (χ4n) is 2.73. The molecule has 0 saturated heterocycles. The molecule has 2 aromatic carbocycles. The minimum absolute atomic E-state index is 0.259. The Kier molecular flexibility index (Phi) is 6.46. The minimum atomic E-state index is -0.392. The molecule has 7 heteroatoms. The average molecular weight is 410 g/mol. The molecule has 0 unspecified atom stereocenters. The first-order valence-corrected chi connectivity index (χ1v) is 9.42. The van der Waals surface area contributed by atoms with E-state index in [2.05, 4.69) is 10.4 Å². The number of benzene rings is 2. The topological polar surface area (TPSA) is 73.2 Å². The summed E-state index contributed by atoms with van der Waals surface area (Å²) in [6, 6.07) is 14.4. The number of amides is 1. The molecule has 0 aliphatic rings. The van der Waals surface area contributed by atoms with Crippen LogP contribution in [-0.2, 0) is 9.53 Å². The molecule has 0 bridgehead atoms. The number of nitrogens with one attached hydrogen (secondary N) is 1. The van der Waals surface area contributed by atoms with Crippen LogP contribution in [0.1, 0.15) is 28.5 Å². The van der Waals surface area contributed by atoms with Gasteiger partial charge >= 0.3 is 5.97 Å². The Balaban J connectivity index is 1.70. The van der Waals surface area contributed by atoms with Crippen LogP contribution in [0.3, 0.4) is 0 Å². The molecule has 1 aromatic heterocycles. The maximum atomic E-state index is 12.7. The smallest absolute Gasteiger partial charge is 0.330 e. The summed E-state index contributed by atoms with van der Waals surface area (Å²) in [5, 5.41) is 7.76. The highest BCUT2D eigenvalue weighted by Gasteiger charge is 2.15. The number of ether oxygens (including phenoxy) is 1. The second-order valence-electron chi connectivity index (χ2n) is 6.20.